The van der Waals surface area contributed by atoms with Crippen molar-refractivity contribution < 1.29 is 4.74 Å². The zero-order chi connectivity index (χ0) is 9.26. The fraction of sp³-hybridized carbons (Fsp3) is 0.273. The SMILES string of the molecule is C#Cc1ccc2c(c1)COCC2N. The summed E-state index contributed by atoms with van der Waals surface area (Å²) in [5, 5.41) is 0. The van der Waals surface area contributed by atoms with Crippen molar-refractivity contribution in [2.75, 3.05) is 6.61 Å². The molecule has 1 aromatic rings. The Hall–Kier alpha value is -1.30. The van der Waals surface area contributed by atoms with Gasteiger partial charge in [-0.1, -0.05) is 12.0 Å². The molecule has 1 aromatic carbocycles. The van der Waals surface area contributed by atoms with Crippen LogP contribution < -0.4 is 5.73 Å². The number of rotatable bonds is 0. The number of terminal acetylenes is 1. The Morgan fingerprint density at radius 1 is 1.54 bits per heavy atom. The van der Waals surface area contributed by atoms with Gasteiger partial charge in [-0.3, -0.25) is 0 Å². The molecule has 2 heteroatoms. The van der Waals surface area contributed by atoms with Gasteiger partial charge in [0.05, 0.1) is 19.3 Å². The van der Waals surface area contributed by atoms with Crippen molar-refractivity contribution in [2.24, 2.45) is 5.73 Å². The van der Waals surface area contributed by atoms with Gasteiger partial charge in [-0.05, 0) is 23.3 Å². The molecule has 0 bridgehead atoms. The Morgan fingerprint density at radius 2 is 2.38 bits per heavy atom. The van der Waals surface area contributed by atoms with Crippen LogP contribution in [0.25, 0.3) is 0 Å². The maximum absolute atomic E-state index is 5.86. The van der Waals surface area contributed by atoms with Crippen LogP contribution in [0.15, 0.2) is 18.2 Å². The van der Waals surface area contributed by atoms with Crippen LogP contribution in [0.5, 0.6) is 0 Å². The van der Waals surface area contributed by atoms with Crippen LogP contribution in [0.2, 0.25) is 0 Å². The molecule has 1 unspecified atom stereocenters. The van der Waals surface area contributed by atoms with E-state index in [-0.39, 0.29) is 6.04 Å². The second kappa shape index (κ2) is 3.21. The predicted molar refractivity (Wildman–Crippen MR) is 51.0 cm³/mol. The maximum atomic E-state index is 5.86. The lowest BCUT2D eigenvalue weighted by molar-refractivity contribution is 0.0924. The number of ether oxygens (including phenoxy) is 1. The van der Waals surface area contributed by atoms with E-state index in [0.29, 0.717) is 13.2 Å². The lowest BCUT2D eigenvalue weighted by Crippen LogP contribution is -2.23. The molecule has 66 valence electrons. The number of nitrogens with two attached hydrogens (primary N) is 1. The van der Waals surface area contributed by atoms with Gasteiger partial charge in [-0.15, -0.1) is 6.42 Å². The van der Waals surface area contributed by atoms with E-state index in [4.69, 9.17) is 16.9 Å². The molecule has 2 N–H and O–H groups in total. The zero-order valence-corrected chi connectivity index (χ0v) is 7.29. The van der Waals surface area contributed by atoms with Crippen molar-refractivity contribution in [1.82, 2.24) is 0 Å². The molecule has 1 heterocycles. The molecular weight excluding hydrogens is 162 g/mol. The Balaban J connectivity index is 2.47. The lowest BCUT2D eigenvalue weighted by atomic mass is 9.97. The summed E-state index contributed by atoms with van der Waals surface area (Å²) in [7, 11) is 0. The van der Waals surface area contributed by atoms with Crippen LogP contribution in [0.3, 0.4) is 0 Å². The Kier molecular flexibility index (Phi) is 2.05. The molecule has 0 amide bonds. The summed E-state index contributed by atoms with van der Waals surface area (Å²) in [4.78, 5) is 0. The van der Waals surface area contributed by atoms with Gasteiger partial charge >= 0.3 is 0 Å². The van der Waals surface area contributed by atoms with Gasteiger partial charge in [0, 0.05) is 5.56 Å². The number of hydrogen-bond donors (Lipinski definition) is 1. The summed E-state index contributed by atoms with van der Waals surface area (Å²) < 4.78 is 5.31. The summed E-state index contributed by atoms with van der Waals surface area (Å²) >= 11 is 0. The maximum Gasteiger partial charge on any atom is 0.0721 e. The molecule has 0 saturated heterocycles. The third kappa shape index (κ3) is 1.44. The summed E-state index contributed by atoms with van der Waals surface area (Å²) in [6, 6.07) is 5.88. The molecule has 1 atom stereocenters. The molecule has 1 aliphatic heterocycles. The normalized spacial score (nSPS) is 20.5. The highest BCUT2D eigenvalue weighted by atomic mass is 16.5. The third-order valence-electron chi connectivity index (χ3n) is 2.26. The number of fused-ring (bicyclic) bond motifs is 1. The quantitative estimate of drug-likeness (QED) is 0.598. The van der Waals surface area contributed by atoms with E-state index in [2.05, 4.69) is 5.92 Å². The van der Waals surface area contributed by atoms with E-state index in [0.717, 1.165) is 16.7 Å². The molecule has 0 fully saturated rings. The van der Waals surface area contributed by atoms with Crippen molar-refractivity contribution in [3.8, 4) is 12.3 Å². The summed E-state index contributed by atoms with van der Waals surface area (Å²) in [5.41, 5.74) is 9.02. The first-order valence-corrected chi connectivity index (χ1v) is 4.24. The summed E-state index contributed by atoms with van der Waals surface area (Å²) in [6.45, 7) is 1.22. The lowest BCUT2D eigenvalue weighted by Gasteiger charge is -2.22. The van der Waals surface area contributed by atoms with Gasteiger partial charge in [0.15, 0.2) is 0 Å². The topological polar surface area (TPSA) is 35.2 Å². The van der Waals surface area contributed by atoms with Crippen LogP contribution in [0.4, 0.5) is 0 Å². The number of benzene rings is 1. The Labute approximate surface area is 77.7 Å². The van der Waals surface area contributed by atoms with Crippen molar-refractivity contribution in [2.45, 2.75) is 12.6 Å². The van der Waals surface area contributed by atoms with Crippen molar-refractivity contribution in [3.05, 3.63) is 34.9 Å². The average molecular weight is 173 g/mol. The van der Waals surface area contributed by atoms with Gasteiger partial charge in [-0.2, -0.15) is 0 Å². The van der Waals surface area contributed by atoms with Gasteiger partial charge in [0.1, 0.15) is 0 Å². The smallest absolute Gasteiger partial charge is 0.0721 e. The van der Waals surface area contributed by atoms with E-state index in [9.17, 15) is 0 Å². The number of hydrogen-bond acceptors (Lipinski definition) is 2. The molecule has 0 aromatic heterocycles. The summed E-state index contributed by atoms with van der Waals surface area (Å²) in [6.07, 6.45) is 5.30. The van der Waals surface area contributed by atoms with Gasteiger partial charge < -0.3 is 10.5 Å². The average Bonchev–Trinajstić information content (AvgIpc) is 2.18. The Bertz CT molecular complexity index is 365. The predicted octanol–water partition coefficient (Wildman–Crippen LogP) is 1.20. The highest BCUT2D eigenvalue weighted by Gasteiger charge is 2.16. The van der Waals surface area contributed by atoms with Crippen LogP contribution in [0, 0.1) is 12.3 Å². The van der Waals surface area contributed by atoms with E-state index < -0.39 is 0 Å². The first-order chi connectivity index (χ1) is 6.31. The van der Waals surface area contributed by atoms with Gasteiger partial charge in [-0.25, -0.2) is 0 Å². The monoisotopic (exact) mass is 173 g/mol. The van der Waals surface area contributed by atoms with E-state index in [1.54, 1.807) is 0 Å². The van der Waals surface area contributed by atoms with Crippen molar-refractivity contribution in [1.29, 1.82) is 0 Å². The fourth-order valence-electron chi connectivity index (χ4n) is 1.57. The minimum atomic E-state index is -0.00410. The minimum absolute atomic E-state index is 0.00410. The molecule has 2 nitrogen and oxygen atoms in total. The van der Waals surface area contributed by atoms with Gasteiger partial charge in [0.25, 0.3) is 0 Å². The third-order valence-corrected chi connectivity index (χ3v) is 2.26. The molecule has 0 radical (unpaired) electrons. The highest BCUT2D eigenvalue weighted by Crippen LogP contribution is 2.23. The molecular formula is C11H11NO. The van der Waals surface area contributed by atoms with E-state index in [1.807, 2.05) is 18.2 Å². The first kappa shape index (κ1) is 8.31. The van der Waals surface area contributed by atoms with Crippen LogP contribution in [0.1, 0.15) is 22.7 Å². The second-order valence-electron chi connectivity index (χ2n) is 3.18. The second-order valence-corrected chi connectivity index (χ2v) is 3.18. The van der Waals surface area contributed by atoms with Crippen LogP contribution >= 0.6 is 0 Å². The molecule has 2 rings (SSSR count). The van der Waals surface area contributed by atoms with Crippen molar-refractivity contribution in [3.63, 3.8) is 0 Å². The minimum Gasteiger partial charge on any atom is -0.375 e. The standard InChI is InChI=1S/C11H11NO/c1-2-8-3-4-10-9(5-8)6-13-7-11(10)12/h1,3-5,11H,6-7,12H2. The van der Waals surface area contributed by atoms with Crippen LogP contribution in [-0.2, 0) is 11.3 Å². The van der Waals surface area contributed by atoms with Crippen molar-refractivity contribution >= 4 is 0 Å². The summed E-state index contributed by atoms with van der Waals surface area (Å²) in [5.74, 6) is 2.60. The van der Waals surface area contributed by atoms with E-state index in [1.165, 1.54) is 0 Å². The van der Waals surface area contributed by atoms with Crippen LogP contribution in [-0.4, -0.2) is 6.61 Å². The van der Waals surface area contributed by atoms with Gasteiger partial charge in [0.2, 0.25) is 0 Å². The zero-order valence-electron chi connectivity index (χ0n) is 7.29. The molecule has 0 saturated carbocycles. The first-order valence-electron chi connectivity index (χ1n) is 4.24. The fourth-order valence-corrected chi connectivity index (χ4v) is 1.57. The van der Waals surface area contributed by atoms with E-state index >= 15 is 0 Å². The largest absolute Gasteiger partial charge is 0.375 e. The molecule has 0 spiro atoms. The molecule has 13 heavy (non-hydrogen) atoms. The highest BCUT2D eigenvalue weighted by molar-refractivity contribution is 5.41. The molecule has 1 aliphatic rings. The Morgan fingerprint density at radius 3 is 3.15 bits per heavy atom. The molecule has 0 aliphatic carbocycles.